The minimum absolute atomic E-state index is 0.196. The number of carbonyl (C=O) groups is 1. The van der Waals surface area contributed by atoms with Crippen LogP contribution in [0.25, 0.3) is 10.8 Å². The van der Waals surface area contributed by atoms with Gasteiger partial charge in [-0.2, -0.15) is 0 Å². The third kappa shape index (κ3) is 6.74. The van der Waals surface area contributed by atoms with Gasteiger partial charge in [0.05, 0.1) is 19.4 Å². The number of carbonyl (C=O) groups excluding carboxylic acids is 1. The summed E-state index contributed by atoms with van der Waals surface area (Å²) in [6.45, 7) is 6.27. The maximum absolute atomic E-state index is 12.5. The zero-order chi connectivity index (χ0) is 19.7. The van der Waals surface area contributed by atoms with Crippen LogP contribution in [0.5, 0.6) is 0 Å². The summed E-state index contributed by atoms with van der Waals surface area (Å²) in [5.41, 5.74) is 0.981. The first kappa shape index (κ1) is 21.6. The van der Waals surface area contributed by atoms with Gasteiger partial charge in [-0.05, 0) is 42.7 Å². The molecule has 2 aromatic rings. The molecule has 0 bridgehead atoms. The van der Waals surface area contributed by atoms with Gasteiger partial charge in [-0.1, -0.05) is 36.4 Å². The van der Waals surface area contributed by atoms with E-state index >= 15 is 0 Å². The Morgan fingerprint density at radius 1 is 1.04 bits per heavy atom. The molecule has 0 fully saturated rings. The van der Waals surface area contributed by atoms with E-state index in [1.165, 1.54) is 12.0 Å². The van der Waals surface area contributed by atoms with Crippen LogP contribution in [0.15, 0.2) is 42.5 Å². The standard InChI is InChI=1S/C20H28NO5P/c1-4-25-27(23,26-5-2)14-8-13-21(17(3)22)24-16-18-11-12-19-9-6-7-10-20(19)15-18/h6-7,9-12,15H,4-5,8,13-14,16H2,1-3H3. The molecule has 0 aliphatic carbocycles. The first-order valence-electron chi connectivity index (χ1n) is 9.24. The van der Waals surface area contributed by atoms with Crippen molar-refractivity contribution in [2.45, 2.75) is 33.8 Å². The quantitative estimate of drug-likeness (QED) is 0.406. The first-order chi connectivity index (χ1) is 13.0. The van der Waals surface area contributed by atoms with E-state index in [9.17, 15) is 9.36 Å². The normalized spacial score (nSPS) is 11.7. The molecule has 0 saturated carbocycles. The highest BCUT2D eigenvalue weighted by Crippen LogP contribution is 2.48. The number of rotatable bonds is 11. The van der Waals surface area contributed by atoms with Crippen molar-refractivity contribution in [1.82, 2.24) is 5.06 Å². The first-order valence-corrected chi connectivity index (χ1v) is 11.0. The minimum Gasteiger partial charge on any atom is -0.309 e. The van der Waals surface area contributed by atoms with Crippen molar-refractivity contribution in [3.8, 4) is 0 Å². The van der Waals surface area contributed by atoms with E-state index in [0.717, 1.165) is 16.3 Å². The highest BCUT2D eigenvalue weighted by molar-refractivity contribution is 7.53. The number of nitrogens with zero attached hydrogens (tertiary/aromatic N) is 1. The lowest BCUT2D eigenvalue weighted by Crippen LogP contribution is -2.30. The SMILES string of the molecule is CCOP(=O)(CCCN(OCc1ccc2ccccc2c1)C(C)=O)OCC. The fraction of sp³-hybridized carbons (Fsp3) is 0.450. The summed E-state index contributed by atoms with van der Waals surface area (Å²) in [6.07, 6.45) is 0.715. The number of hydrogen-bond donors (Lipinski definition) is 0. The lowest BCUT2D eigenvalue weighted by molar-refractivity contribution is -0.189. The summed E-state index contributed by atoms with van der Waals surface area (Å²) in [5.74, 6) is -0.196. The van der Waals surface area contributed by atoms with E-state index in [4.69, 9.17) is 13.9 Å². The van der Waals surface area contributed by atoms with Crippen LogP contribution in [0, 0.1) is 0 Å². The zero-order valence-corrected chi connectivity index (χ0v) is 17.1. The summed E-state index contributed by atoms with van der Waals surface area (Å²) in [5, 5.41) is 3.59. The average Bonchev–Trinajstić information content (AvgIpc) is 2.64. The van der Waals surface area contributed by atoms with Crippen molar-refractivity contribution >= 4 is 24.3 Å². The van der Waals surface area contributed by atoms with Gasteiger partial charge in [0, 0.05) is 13.5 Å². The lowest BCUT2D eigenvalue weighted by Gasteiger charge is -2.22. The summed E-state index contributed by atoms with van der Waals surface area (Å²) < 4.78 is 23.0. The summed E-state index contributed by atoms with van der Waals surface area (Å²) in [6, 6.07) is 14.2. The smallest absolute Gasteiger partial charge is 0.309 e. The Kier molecular flexibility index (Phi) is 8.45. The molecular formula is C20H28NO5P. The molecule has 27 heavy (non-hydrogen) atoms. The van der Waals surface area contributed by atoms with Crippen LogP contribution in [-0.4, -0.2) is 36.9 Å². The lowest BCUT2D eigenvalue weighted by atomic mass is 10.1. The van der Waals surface area contributed by atoms with Crippen LogP contribution in [0.4, 0.5) is 0 Å². The Morgan fingerprint density at radius 2 is 1.70 bits per heavy atom. The maximum atomic E-state index is 12.5. The molecular weight excluding hydrogens is 365 g/mol. The van der Waals surface area contributed by atoms with Crippen LogP contribution in [0.3, 0.4) is 0 Å². The number of benzene rings is 2. The number of fused-ring (bicyclic) bond motifs is 1. The highest BCUT2D eigenvalue weighted by Gasteiger charge is 2.23. The number of hydroxylamine groups is 2. The van der Waals surface area contributed by atoms with Crippen molar-refractivity contribution in [1.29, 1.82) is 0 Å². The molecule has 0 aromatic heterocycles. The molecule has 0 spiro atoms. The molecule has 0 saturated heterocycles. The van der Waals surface area contributed by atoms with E-state index in [1.54, 1.807) is 13.8 Å². The second-order valence-electron chi connectivity index (χ2n) is 6.10. The highest BCUT2D eigenvalue weighted by atomic mass is 31.2. The van der Waals surface area contributed by atoms with Gasteiger partial charge in [0.1, 0.15) is 6.61 Å². The molecule has 2 aromatic carbocycles. The van der Waals surface area contributed by atoms with Crippen molar-refractivity contribution < 1.29 is 23.2 Å². The minimum atomic E-state index is -3.10. The van der Waals surface area contributed by atoms with Gasteiger partial charge in [-0.15, -0.1) is 0 Å². The predicted octanol–water partition coefficient (Wildman–Crippen LogP) is 4.78. The van der Waals surface area contributed by atoms with Gasteiger partial charge in [0.15, 0.2) is 0 Å². The predicted molar refractivity (Wildman–Crippen MR) is 106 cm³/mol. The number of hydrogen-bond acceptors (Lipinski definition) is 5. The van der Waals surface area contributed by atoms with Gasteiger partial charge in [-0.3, -0.25) is 14.2 Å². The van der Waals surface area contributed by atoms with Gasteiger partial charge in [-0.25, -0.2) is 5.06 Å². The zero-order valence-electron chi connectivity index (χ0n) is 16.2. The maximum Gasteiger partial charge on any atom is 0.330 e. The van der Waals surface area contributed by atoms with Gasteiger partial charge < -0.3 is 9.05 Å². The molecule has 0 aliphatic heterocycles. The molecule has 6 nitrogen and oxygen atoms in total. The molecule has 0 heterocycles. The molecule has 2 rings (SSSR count). The molecule has 0 atom stereocenters. The van der Waals surface area contributed by atoms with Crippen molar-refractivity contribution in [3.05, 3.63) is 48.0 Å². The third-order valence-electron chi connectivity index (χ3n) is 4.00. The monoisotopic (exact) mass is 393 g/mol. The van der Waals surface area contributed by atoms with E-state index in [-0.39, 0.29) is 12.1 Å². The van der Waals surface area contributed by atoms with Gasteiger partial charge in [0.25, 0.3) is 0 Å². The van der Waals surface area contributed by atoms with Crippen LogP contribution in [0.1, 0.15) is 32.8 Å². The van der Waals surface area contributed by atoms with Gasteiger partial charge in [0.2, 0.25) is 5.91 Å². The molecule has 7 heteroatoms. The van der Waals surface area contributed by atoms with Crippen LogP contribution >= 0.6 is 7.60 Å². The molecule has 148 valence electrons. The van der Waals surface area contributed by atoms with E-state index in [1.807, 2.05) is 36.4 Å². The Labute approximate surface area is 160 Å². The fourth-order valence-corrected chi connectivity index (χ4v) is 4.41. The van der Waals surface area contributed by atoms with E-state index in [0.29, 0.717) is 32.8 Å². The second kappa shape index (κ2) is 10.6. The Bertz CT molecular complexity index is 785. The fourth-order valence-electron chi connectivity index (χ4n) is 2.76. The molecule has 0 unspecified atom stereocenters. The van der Waals surface area contributed by atoms with Crippen LogP contribution in [0.2, 0.25) is 0 Å². The van der Waals surface area contributed by atoms with E-state index in [2.05, 4.69) is 6.07 Å². The Balaban J connectivity index is 1.90. The van der Waals surface area contributed by atoms with Crippen LogP contribution in [-0.2, 0) is 29.9 Å². The van der Waals surface area contributed by atoms with E-state index < -0.39 is 7.60 Å². The van der Waals surface area contributed by atoms with Crippen molar-refractivity contribution in [2.75, 3.05) is 25.9 Å². The summed E-state index contributed by atoms with van der Waals surface area (Å²) in [4.78, 5) is 17.5. The Morgan fingerprint density at radius 3 is 2.33 bits per heavy atom. The summed E-state index contributed by atoms with van der Waals surface area (Å²) in [7, 11) is -3.10. The van der Waals surface area contributed by atoms with Crippen LogP contribution < -0.4 is 0 Å². The number of amides is 1. The van der Waals surface area contributed by atoms with Crippen molar-refractivity contribution in [3.63, 3.8) is 0 Å². The topological polar surface area (TPSA) is 65.1 Å². The van der Waals surface area contributed by atoms with Crippen molar-refractivity contribution in [2.24, 2.45) is 0 Å². The summed E-state index contributed by atoms with van der Waals surface area (Å²) >= 11 is 0. The molecule has 0 radical (unpaired) electrons. The molecule has 1 amide bonds. The third-order valence-corrected chi connectivity index (χ3v) is 6.16. The largest absolute Gasteiger partial charge is 0.330 e. The average molecular weight is 393 g/mol. The molecule has 0 aliphatic rings. The second-order valence-corrected chi connectivity index (χ2v) is 8.29. The molecule has 0 N–H and O–H groups in total. The van der Waals surface area contributed by atoms with Gasteiger partial charge >= 0.3 is 7.60 Å². The Hall–Kier alpha value is -1.72.